The van der Waals surface area contributed by atoms with Crippen molar-refractivity contribution >= 4 is 40.8 Å². The second kappa shape index (κ2) is 8.48. The molecule has 0 unspecified atom stereocenters. The van der Waals surface area contributed by atoms with Gasteiger partial charge in [0.25, 0.3) is 5.91 Å². The number of nitrogens with zero attached hydrogens (tertiary/aromatic N) is 1. The van der Waals surface area contributed by atoms with Gasteiger partial charge in [0, 0.05) is 24.0 Å². The third-order valence-corrected chi connectivity index (χ3v) is 4.35. The molecule has 0 spiro atoms. The van der Waals surface area contributed by atoms with E-state index in [1.807, 2.05) is 0 Å². The summed E-state index contributed by atoms with van der Waals surface area (Å²) in [6, 6.07) is 12.1. The van der Waals surface area contributed by atoms with Crippen LogP contribution in [0.1, 0.15) is 6.92 Å². The summed E-state index contributed by atoms with van der Waals surface area (Å²) in [7, 11) is 1.50. The van der Waals surface area contributed by atoms with Gasteiger partial charge in [-0.15, -0.1) is 0 Å². The minimum absolute atomic E-state index is 0.107. The lowest BCUT2D eigenvalue weighted by Gasteiger charge is -2.31. The quantitative estimate of drug-likeness (QED) is 0.632. The maximum absolute atomic E-state index is 13.0. The first kappa shape index (κ1) is 20.6. The number of amides is 5. The van der Waals surface area contributed by atoms with Gasteiger partial charge >= 0.3 is 6.03 Å². The van der Waals surface area contributed by atoms with E-state index in [0.717, 1.165) is 4.90 Å². The number of nitrogens with one attached hydrogen (secondary N) is 3. The largest absolute Gasteiger partial charge is 0.497 e. The van der Waals surface area contributed by atoms with Crippen molar-refractivity contribution in [3.05, 3.63) is 60.8 Å². The average Bonchev–Trinajstić information content (AvgIpc) is 2.69. The molecule has 2 aromatic rings. The second-order valence-electron chi connectivity index (χ2n) is 6.51. The van der Waals surface area contributed by atoms with Crippen molar-refractivity contribution in [2.45, 2.75) is 6.92 Å². The molecule has 9 heteroatoms. The Hall–Kier alpha value is -4.14. The number of rotatable bonds is 6. The fraction of sp³-hybridized carbons (Fsp3) is 0.143. The molecule has 0 saturated carbocycles. The van der Waals surface area contributed by atoms with Gasteiger partial charge in [0.1, 0.15) is 5.75 Å². The predicted molar refractivity (Wildman–Crippen MR) is 111 cm³/mol. The minimum atomic E-state index is -1.31. The number of anilines is 3. The van der Waals surface area contributed by atoms with E-state index in [4.69, 9.17) is 4.74 Å². The van der Waals surface area contributed by atoms with Gasteiger partial charge in [-0.25, -0.2) is 9.69 Å². The summed E-state index contributed by atoms with van der Waals surface area (Å²) in [5.41, 5.74) is 1.56. The fourth-order valence-corrected chi connectivity index (χ4v) is 2.96. The van der Waals surface area contributed by atoms with E-state index in [-0.39, 0.29) is 11.6 Å². The third-order valence-electron chi connectivity index (χ3n) is 4.35. The van der Waals surface area contributed by atoms with Gasteiger partial charge in [0.2, 0.25) is 11.8 Å². The Morgan fingerprint density at radius 3 is 2.10 bits per heavy atom. The van der Waals surface area contributed by atoms with Crippen LogP contribution in [0, 0.1) is 5.92 Å². The van der Waals surface area contributed by atoms with Crippen molar-refractivity contribution in [3.63, 3.8) is 0 Å². The molecule has 3 rings (SSSR count). The fourth-order valence-electron chi connectivity index (χ4n) is 2.96. The zero-order valence-electron chi connectivity index (χ0n) is 16.4. The van der Waals surface area contributed by atoms with Crippen molar-refractivity contribution in [2.24, 2.45) is 5.92 Å². The molecule has 9 nitrogen and oxygen atoms in total. The molecule has 1 atom stereocenters. The summed E-state index contributed by atoms with van der Waals surface area (Å²) >= 11 is 0. The van der Waals surface area contributed by atoms with E-state index in [0.29, 0.717) is 22.8 Å². The first-order valence-corrected chi connectivity index (χ1v) is 8.96. The monoisotopic (exact) mass is 408 g/mol. The van der Waals surface area contributed by atoms with Crippen LogP contribution in [0.5, 0.6) is 5.75 Å². The Balaban J connectivity index is 1.78. The molecule has 1 saturated heterocycles. The Kier molecular flexibility index (Phi) is 5.82. The number of methoxy groups -OCH3 is 1. The van der Waals surface area contributed by atoms with Crippen molar-refractivity contribution in [3.8, 4) is 5.75 Å². The Morgan fingerprint density at radius 1 is 1.00 bits per heavy atom. The van der Waals surface area contributed by atoms with Gasteiger partial charge in [-0.3, -0.25) is 19.7 Å². The lowest BCUT2D eigenvalue weighted by atomic mass is 10.0. The number of hydrogen-bond donors (Lipinski definition) is 3. The molecule has 1 fully saturated rings. The molecular formula is C21H20N4O5. The molecule has 1 aliphatic rings. The number of hydrogen-bond acceptors (Lipinski definition) is 6. The Morgan fingerprint density at radius 2 is 1.57 bits per heavy atom. The topological polar surface area (TPSA) is 117 Å². The standard InChI is InChI=1S/C21H20N4O5/c1-12(22-14-4-6-15(7-5-14)23-13(2)26)18-19(27)24-21(29)25(20(18)28)16-8-10-17(30-3)11-9-16/h4-11,18,22H,1H2,2-3H3,(H,23,26)(H,24,27,29)/t18-/m1/s1. The van der Waals surface area contributed by atoms with Crippen LogP contribution in [-0.2, 0) is 14.4 Å². The second-order valence-corrected chi connectivity index (χ2v) is 6.51. The summed E-state index contributed by atoms with van der Waals surface area (Å²) in [6.45, 7) is 5.21. The van der Waals surface area contributed by atoms with Crippen LogP contribution in [0.25, 0.3) is 0 Å². The van der Waals surface area contributed by atoms with Gasteiger partial charge in [0.05, 0.1) is 12.8 Å². The summed E-state index contributed by atoms with van der Waals surface area (Å²) in [6.07, 6.45) is 0. The van der Waals surface area contributed by atoms with Crippen LogP contribution in [0.3, 0.4) is 0 Å². The number of barbiturate groups is 1. The summed E-state index contributed by atoms with van der Waals surface area (Å²) in [5, 5.41) is 7.73. The summed E-state index contributed by atoms with van der Waals surface area (Å²) in [4.78, 5) is 49.6. The zero-order chi connectivity index (χ0) is 21.8. The van der Waals surface area contributed by atoms with E-state index in [2.05, 4.69) is 22.5 Å². The molecule has 1 heterocycles. The van der Waals surface area contributed by atoms with Gasteiger partial charge in [-0.2, -0.15) is 0 Å². The Labute approximate surface area is 172 Å². The molecular weight excluding hydrogens is 388 g/mol. The first-order chi connectivity index (χ1) is 14.3. The maximum Gasteiger partial charge on any atom is 0.335 e. The summed E-state index contributed by atoms with van der Waals surface area (Å²) in [5.74, 6) is -2.43. The van der Waals surface area contributed by atoms with E-state index in [1.54, 1.807) is 48.5 Å². The highest BCUT2D eigenvalue weighted by Crippen LogP contribution is 2.27. The number of urea groups is 1. The SMILES string of the molecule is C=C(Nc1ccc(NC(C)=O)cc1)[C@@H]1C(=O)NC(=O)N(c2ccc(OC)cc2)C1=O. The lowest BCUT2D eigenvalue weighted by molar-refractivity contribution is -0.132. The van der Waals surface area contributed by atoms with E-state index in [9.17, 15) is 19.2 Å². The smallest absolute Gasteiger partial charge is 0.335 e. The van der Waals surface area contributed by atoms with E-state index in [1.165, 1.54) is 14.0 Å². The third kappa shape index (κ3) is 4.30. The number of benzene rings is 2. The molecule has 30 heavy (non-hydrogen) atoms. The van der Waals surface area contributed by atoms with Crippen molar-refractivity contribution in [1.29, 1.82) is 0 Å². The van der Waals surface area contributed by atoms with Crippen LogP contribution >= 0.6 is 0 Å². The maximum atomic E-state index is 13.0. The highest BCUT2D eigenvalue weighted by molar-refractivity contribution is 6.28. The molecule has 1 aliphatic heterocycles. The molecule has 154 valence electrons. The molecule has 0 aromatic heterocycles. The molecule has 5 amide bonds. The predicted octanol–water partition coefficient (Wildman–Crippen LogP) is 2.48. The Bertz CT molecular complexity index is 1010. The first-order valence-electron chi connectivity index (χ1n) is 8.96. The lowest BCUT2D eigenvalue weighted by Crippen LogP contribution is -2.59. The van der Waals surface area contributed by atoms with Crippen molar-refractivity contribution in [1.82, 2.24) is 5.32 Å². The van der Waals surface area contributed by atoms with E-state index < -0.39 is 23.8 Å². The summed E-state index contributed by atoms with van der Waals surface area (Å²) < 4.78 is 5.08. The molecule has 2 aromatic carbocycles. The van der Waals surface area contributed by atoms with Crippen LogP contribution < -0.4 is 25.6 Å². The van der Waals surface area contributed by atoms with Gasteiger partial charge in [-0.05, 0) is 48.5 Å². The highest BCUT2D eigenvalue weighted by Gasteiger charge is 2.43. The minimum Gasteiger partial charge on any atom is -0.497 e. The van der Waals surface area contributed by atoms with Crippen LogP contribution in [-0.4, -0.2) is 30.9 Å². The molecule has 0 aliphatic carbocycles. The van der Waals surface area contributed by atoms with Crippen LogP contribution in [0.2, 0.25) is 0 Å². The van der Waals surface area contributed by atoms with Gasteiger partial charge in [-0.1, -0.05) is 6.58 Å². The van der Waals surface area contributed by atoms with Gasteiger partial charge in [0.15, 0.2) is 5.92 Å². The number of imide groups is 2. The molecule has 0 radical (unpaired) electrons. The highest BCUT2D eigenvalue weighted by atomic mass is 16.5. The zero-order valence-corrected chi connectivity index (χ0v) is 16.4. The number of ether oxygens (including phenoxy) is 1. The van der Waals surface area contributed by atoms with Crippen LogP contribution in [0.4, 0.5) is 21.9 Å². The molecule has 3 N–H and O–H groups in total. The normalized spacial score (nSPS) is 16.0. The molecule has 0 bridgehead atoms. The van der Waals surface area contributed by atoms with Crippen molar-refractivity contribution < 1.29 is 23.9 Å². The average molecular weight is 408 g/mol. The van der Waals surface area contributed by atoms with Gasteiger partial charge < -0.3 is 15.4 Å². The number of carbonyl (C=O) groups excluding carboxylic acids is 4. The van der Waals surface area contributed by atoms with E-state index >= 15 is 0 Å². The number of carbonyl (C=O) groups is 4. The van der Waals surface area contributed by atoms with Crippen molar-refractivity contribution in [2.75, 3.05) is 22.6 Å². The van der Waals surface area contributed by atoms with Crippen LogP contribution in [0.15, 0.2) is 60.8 Å².